The molecule has 1 aromatic carbocycles. The molecule has 2 rings (SSSR count). The molecule has 144 valence electrons. The van der Waals surface area contributed by atoms with Crippen molar-refractivity contribution in [2.75, 3.05) is 27.3 Å². The Kier molecular flexibility index (Phi) is 6.10. The number of likely N-dealkylation sites (tertiary alicyclic amines) is 1. The highest BCUT2D eigenvalue weighted by Crippen LogP contribution is 2.34. The van der Waals surface area contributed by atoms with Crippen LogP contribution >= 0.6 is 0 Å². The minimum Gasteiger partial charge on any atom is -0.496 e. The van der Waals surface area contributed by atoms with Crippen LogP contribution in [0.4, 0.5) is 9.18 Å². The summed E-state index contributed by atoms with van der Waals surface area (Å²) in [6.45, 7) is 5.71. The number of methoxy groups -OCH3 is 2. The van der Waals surface area contributed by atoms with Crippen LogP contribution in [-0.4, -0.2) is 56.0 Å². The van der Waals surface area contributed by atoms with Crippen LogP contribution in [-0.2, 0) is 9.47 Å². The maximum Gasteiger partial charge on any atom is 0.410 e. The van der Waals surface area contributed by atoms with Crippen molar-refractivity contribution in [1.82, 2.24) is 4.90 Å². The van der Waals surface area contributed by atoms with Crippen molar-refractivity contribution in [3.8, 4) is 5.75 Å². The average molecular weight is 367 g/mol. The molecular weight excluding hydrogens is 341 g/mol. The van der Waals surface area contributed by atoms with E-state index in [-0.39, 0.29) is 12.5 Å². The summed E-state index contributed by atoms with van der Waals surface area (Å²) in [6.07, 6.45) is -1.27. The Bertz CT molecular complexity index is 670. The SMILES string of the molecule is COC(=O)c1ccc(C2CCN(C(=O)OC(C)(C)C)CC2F)cc1OC. The molecule has 2 atom stereocenters. The summed E-state index contributed by atoms with van der Waals surface area (Å²) < 4.78 is 30.0. The molecule has 0 saturated carbocycles. The predicted octanol–water partition coefficient (Wildman–Crippen LogP) is 3.54. The van der Waals surface area contributed by atoms with Gasteiger partial charge in [-0.05, 0) is 44.9 Å². The molecule has 6 nitrogen and oxygen atoms in total. The van der Waals surface area contributed by atoms with Gasteiger partial charge in [-0.2, -0.15) is 0 Å². The number of hydrogen-bond acceptors (Lipinski definition) is 5. The zero-order chi connectivity index (χ0) is 19.5. The van der Waals surface area contributed by atoms with Gasteiger partial charge in [0.15, 0.2) is 0 Å². The molecular formula is C19H26FNO5. The van der Waals surface area contributed by atoms with Crippen LogP contribution in [0.3, 0.4) is 0 Å². The second-order valence-electron chi connectivity index (χ2n) is 7.29. The molecule has 26 heavy (non-hydrogen) atoms. The highest BCUT2D eigenvalue weighted by Gasteiger charge is 2.34. The Hall–Kier alpha value is -2.31. The van der Waals surface area contributed by atoms with E-state index in [9.17, 15) is 14.0 Å². The summed E-state index contributed by atoms with van der Waals surface area (Å²) in [5.74, 6) is -0.546. The number of piperidine rings is 1. The van der Waals surface area contributed by atoms with E-state index in [2.05, 4.69) is 0 Å². The highest BCUT2D eigenvalue weighted by molar-refractivity contribution is 5.92. The number of carbonyl (C=O) groups is 2. The molecule has 7 heteroatoms. The number of hydrogen-bond donors (Lipinski definition) is 0. The average Bonchev–Trinajstić information content (AvgIpc) is 2.59. The van der Waals surface area contributed by atoms with Crippen molar-refractivity contribution >= 4 is 12.1 Å². The number of ether oxygens (including phenoxy) is 3. The van der Waals surface area contributed by atoms with Gasteiger partial charge in [-0.25, -0.2) is 14.0 Å². The standard InChI is InChI=1S/C19H26FNO5/c1-19(2,3)26-18(23)21-9-8-13(15(20)11-21)12-6-7-14(17(22)25-5)16(10-12)24-4/h6-7,10,13,15H,8-9,11H2,1-5H3. The van der Waals surface area contributed by atoms with Gasteiger partial charge in [0.25, 0.3) is 0 Å². The molecule has 1 aromatic rings. The molecule has 0 N–H and O–H groups in total. The number of rotatable bonds is 3. The molecule has 1 amide bonds. The second-order valence-corrected chi connectivity index (χ2v) is 7.29. The van der Waals surface area contributed by atoms with E-state index in [0.717, 1.165) is 5.56 Å². The molecule has 2 unspecified atom stereocenters. The molecule has 0 radical (unpaired) electrons. The van der Waals surface area contributed by atoms with Crippen molar-refractivity contribution in [1.29, 1.82) is 0 Å². The highest BCUT2D eigenvalue weighted by atomic mass is 19.1. The van der Waals surface area contributed by atoms with Crippen LogP contribution in [0.1, 0.15) is 49.0 Å². The second kappa shape index (κ2) is 7.93. The monoisotopic (exact) mass is 367 g/mol. The van der Waals surface area contributed by atoms with E-state index >= 15 is 0 Å². The van der Waals surface area contributed by atoms with Crippen molar-refractivity contribution < 1.29 is 28.2 Å². The molecule has 1 heterocycles. The number of esters is 1. The maximum absolute atomic E-state index is 14.8. The van der Waals surface area contributed by atoms with Crippen LogP contribution in [0.5, 0.6) is 5.75 Å². The first-order valence-corrected chi connectivity index (χ1v) is 8.54. The molecule has 0 aromatic heterocycles. The summed E-state index contributed by atoms with van der Waals surface area (Å²) in [4.78, 5) is 25.3. The predicted molar refractivity (Wildman–Crippen MR) is 94.4 cm³/mol. The van der Waals surface area contributed by atoms with Gasteiger partial charge in [0.1, 0.15) is 23.1 Å². The van der Waals surface area contributed by atoms with E-state index in [1.54, 1.807) is 39.0 Å². The van der Waals surface area contributed by atoms with Crippen LogP contribution < -0.4 is 4.74 Å². The first-order chi connectivity index (χ1) is 12.2. The summed E-state index contributed by atoms with van der Waals surface area (Å²) >= 11 is 0. The van der Waals surface area contributed by atoms with Crippen LogP contribution in [0.25, 0.3) is 0 Å². The quantitative estimate of drug-likeness (QED) is 0.765. The summed E-state index contributed by atoms with van der Waals surface area (Å²) in [7, 11) is 2.74. The molecule has 0 bridgehead atoms. The largest absolute Gasteiger partial charge is 0.496 e. The van der Waals surface area contributed by atoms with E-state index in [4.69, 9.17) is 14.2 Å². The number of nitrogens with zero attached hydrogens (tertiary/aromatic N) is 1. The number of benzene rings is 1. The third kappa shape index (κ3) is 4.65. The fourth-order valence-electron chi connectivity index (χ4n) is 2.99. The molecule has 0 spiro atoms. The fraction of sp³-hybridized carbons (Fsp3) is 0.579. The Morgan fingerprint density at radius 1 is 1.23 bits per heavy atom. The zero-order valence-electron chi connectivity index (χ0n) is 15.9. The van der Waals surface area contributed by atoms with Gasteiger partial charge in [-0.1, -0.05) is 6.07 Å². The summed E-state index contributed by atoms with van der Waals surface area (Å²) in [5.41, 5.74) is 0.405. The first kappa shape index (κ1) is 20.0. The number of halogens is 1. The summed E-state index contributed by atoms with van der Waals surface area (Å²) in [6, 6.07) is 4.94. The van der Waals surface area contributed by atoms with E-state index in [1.807, 2.05) is 0 Å². The molecule has 1 saturated heterocycles. The van der Waals surface area contributed by atoms with E-state index in [0.29, 0.717) is 24.3 Å². The van der Waals surface area contributed by atoms with Crippen molar-refractivity contribution in [2.24, 2.45) is 0 Å². The normalized spacial score (nSPS) is 20.5. The van der Waals surface area contributed by atoms with Gasteiger partial charge in [-0.3, -0.25) is 0 Å². The van der Waals surface area contributed by atoms with Gasteiger partial charge in [0.2, 0.25) is 0 Å². The van der Waals surface area contributed by atoms with E-state index in [1.165, 1.54) is 19.1 Å². The Balaban J connectivity index is 2.12. The number of amides is 1. The van der Waals surface area contributed by atoms with Gasteiger partial charge in [0.05, 0.1) is 20.8 Å². The molecule has 1 aliphatic rings. The lowest BCUT2D eigenvalue weighted by Crippen LogP contribution is -2.46. The Labute approximate surface area is 153 Å². The third-order valence-electron chi connectivity index (χ3n) is 4.25. The minimum atomic E-state index is -1.23. The van der Waals surface area contributed by atoms with Gasteiger partial charge in [0, 0.05) is 12.5 Å². The van der Waals surface area contributed by atoms with Crippen LogP contribution in [0.2, 0.25) is 0 Å². The van der Waals surface area contributed by atoms with Gasteiger partial charge >= 0.3 is 12.1 Å². The smallest absolute Gasteiger partial charge is 0.410 e. The van der Waals surface area contributed by atoms with Crippen LogP contribution in [0, 0.1) is 0 Å². The van der Waals surface area contributed by atoms with Crippen molar-refractivity contribution in [3.63, 3.8) is 0 Å². The molecule has 0 aliphatic carbocycles. The maximum atomic E-state index is 14.8. The van der Waals surface area contributed by atoms with E-state index < -0.39 is 23.8 Å². The third-order valence-corrected chi connectivity index (χ3v) is 4.25. The topological polar surface area (TPSA) is 65.1 Å². The minimum absolute atomic E-state index is 0.0271. The Morgan fingerprint density at radius 3 is 2.46 bits per heavy atom. The zero-order valence-corrected chi connectivity index (χ0v) is 15.9. The first-order valence-electron chi connectivity index (χ1n) is 8.54. The lowest BCUT2D eigenvalue weighted by molar-refractivity contribution is 0.0111. The fourth-order valence-corrected chi connectivity index (χ4v) is 2.99. The van der Waals surface area contributed by atoms with Gasteiger partial charge < -0.3 is 19.1 Å². The van der Waals surface area contributed by atoms with Crippen LogP contribution in [0.15, 0.2) is 18.2 Å². The Morgan fingerprint density at radius 2 is 1.92 bits per heavy atom. The molecule has 1 fully saturated rings. The number of alkyl halides is 1. The lowest BCUT2D eigenvalue weighted by Gasteiger charge is -2.36. The lowest BCUT2D eigenvalue weighted by atomic mass is 9.87. The van der Waals surface area contributed by atoms with Crippen molar-refractivity contribution in [3.05, 3.63) is 29.3 Å². The molecule has 1 aliphatic heterocycles. The summed E-state index contributed by atoms with van der Waals surface area (Å²) in [5, 5.41) is 0. The number of carbonyl (C=O) groups excluding carboxylic acids is 2. The van der Waals surface area contributed by atoms with Crippen molar-refractivity contribution in [2.45, 2.75) is 44.9 Å². The van der Waals surface area contributed by atoms with Gasteiger partial charge in [-0.15, -0.1) is 0 Å².